The molecule has 4 aromatic heterocycles. The highest BCUT2D eigenvalue weighted by Gasteiger charge is 2.20. The second-order valence-corrected chi connectivity index (χ2v) is 7.03. The third-order valence-corrected chi connectivity index (χ3v) is 5.24. The van der Waals surface area contributed by atoms with Crippen LogP contribution in [0.3, 0.4) is 0 Å². The van der Waals surface area contributed by atoms with E-state index >= 15 is 0 Å². The molecule has 0 amide bonds. The van der Waals surface area contributed by atoms with Crippen LogP contribution in [0.25, 0.3) is 17.0 Å². The highest BCUT2D eigenvalue weighted by atomic mass is 15.4. The zero-order chi connectivity index (χ0) is 20.3. The summed E-state index contributed by atoms with van der Waals surface area (Å²) in [7, 11) is 0. The first kappa shape index (κ1) is 18.0. The van der Waals surface area contributed by atoms with E-state index in [1.165, 1.54) is 0 Å². The molecule has 0 aromatic carbocycles. The number of hydrogen-bond donors (Lipinski definition) is 0. The molecule has 5 rings (SSSR count). The van der Waals surface area contributed by atoms with Crippen molar-refractivity contribution < 1.29 is 0 Å². The highest BCUT2D eigenvalue weighted by Crippen LogP contribution is 2.22. The number of nitrogens with zero attached hydrogens (tertiary/aromatic N) is 9. The summed E-state index contributed by atoms with van der Waals surface area (Å²) in [5.41, 5.74) is 2.99. The summed E-state index contributed by atoms with van der Waals surface area (Å²) in [5.74, 6) is 1.57. The molecule has 1 saturated heterocycles. The van der Waals surface area contributed by atoms with Gasteiger partial charge in [-0.15, -0.1) is 15.3 Å². The zero-order valence-electron chi connectivity index (χ0n) is 16.3. The van der Waals surface area contributed by atoms with Crippen LogP contribution in [0.1, 0.15) is 12.1 Å². The van der Waals surface area contributed by atoms with E-state index < -0.39 is 0 Å². The molecule has 9 heteroatoms. The van der Waals surface area contributed by atoms with Crippen molar-refractivity contribution >= 4 is 17.2 Å². The normalized spacial score (nSPS) is 14.5. The molecule has 0 bridgehead atoms. The predicted octanol–water partition coefficient (Wildman–Crippen LogP) is 2.17. The molecule has 0 radical (unpaired) electrons. The van der Waals surface area contributed by atoms with Gasteiger partial charge in [0.2, 0.25) is 0 Å². The van der Waals surface area contributed by atoms with Gasteiger partial charge in [0, 0.05) is 50.3 Å². The summed E-state index contributed by atoms with van der Waals surface area (Å²) in [6, 6.07) is 13.8. The van der Waals surface area contributed by atoms with Gasteiger partial charge in [-0.2, -0.15) is 9.78 Å². The number of fused-ring (bicyclic) bond motifs is 1. The van der Waals surface area contributed by atoms with Crippen molar-refractivity contribution in [3.8, 4) is 17.5 Å². The van der Waals surface area contributed by atoms with Crippen molar-refractivity contribution in [2.75, 3.05) is 36.0 Å². The maximum atomic E-state index is 9.37. The zero-order valence-corrected chi connectivity index (χ0v) is 16.3. The van der Waals surface area contributed by atoms with Gasteiger partial charge in [0.15, 0.2) is 17.2 Å². The molecular weight excluding hydrogens is 378 g/mol. The minimum Gasteiger partial charge on any atom is -0.367 e. The van der Waals surface area contributed by atoms with Crippen LogP contribution in [0.5, 0.6) is 0 Å². The van der Waals surface area contributed by atoms with Crippen LogP contribution in [-0.2, 0) is 0 Å². The average Bonchev–Trinajstić information content (AvgIpc) is 3.08. The number of aromatic nitrogens is 6. The molecule has 148 valence electrons. The third-order valence-electron chi connectivity index (χ3n) is 5.24. The third kappa shape index (κ3) is 3.28. The lowest BCUT2D eigenvalue weighted by Crippen LogP contribution is -2.31. The Labute approximate surface area is 173 Å². The fraction of sp³-hybridized carbons (Fsp3) is 0.238. The topological polar surface area (TPSA) is 99.1 Å². The van der Waals surface area contributed by atoms with E-state index in [2.05, 4.69) is 36.0 Å². The molecule has 0 N–H and O–H groups in total. The van der Waals surface area contributed by atoms with Crippen LogP contribution in [-0.4, -0.2) is 56.0 Å². The molecule has 5 heterocycles. The molecule has 0 unspecified atom stereocenters. The Bertz CT molecular complexity index is 1210. The second-order valence-electron chi connectivity index (χ2n) is 7.03. The van der Waals surface area contributed by atoms with Gasteiger partial charge >= 0.3 is 0 Å². The number of pyridine rings is 2. The van der Waals surface area contributed by atoms with Crippen LogP contribution in [0, 0.1) is 11.3 Å². The lowest BCUT2D eigenvalue weighted by atomic mass is 10.2. The van der Waals surface area contributed by atoms with Crippen LogP contribution in [0.4, 0.5) is 11.5 Å². The maximum absolute atomic E-state index is 9.37. The van der Waals surface area contributed by atoms with Crippen molar-refractivity contribution in [3.63, 3.8) is 0 Å². The molecular formula is C21H19N9. The van der Waals surface area contributed by atoms with E-state index in [9.17, 15) is 5.26 Å². The number of rotatable bonds is 3. The van der Waals surface area contributed by atoms with E-state index in [1.807, 2.05) is 36.4 Å². The summed E-state index contributed by atoms with van der Waals surface area (Å²) in [4.78, 5) is 12.8. The van der Waals surface area contributed by atoms with E-state index in [-0.39, 0.29) is 0 Å². The first-order valence-electron chi connectivity index (χ1n) is 9.81. The lowest BCUT2D eigenvalue weighted by molar-refractivity contribution is 0.777. The standard InChI is InChI=1S/C21H19N9/c22-15-17-18(3-1-8-24-17)28-11-2-12-29(14-13-28)20-5-4-19-25-26-21(30(19)27-20)16-6-9-23-10-7-16/h1,3-10H,2,11-14H2. The number of nitriles is 1. The minimum atomic E-state index is 0.469. The number of anilines is 2. The molecule has 1 fully saturated rings. The van der Waals surface area contributed by atoms with Crippen molar-refractivity contribution in [3.05, 3.63) is 60.7 Å². The van der Waals surface area contributed by atoms with Gasteiger partial charge in [-0.1, -0.05) is 0 Å². The van der Waals surface area contributed by atoms with Gasteiger partial charge in [-0.3, -0.25) is 4.98 Å². The van der Waals surface area contributed by atoms with Crippen LogP contribution in [0.15, 0.2) is 55.0 Å². The Balaban J connectivity index is 1.42. The Kier molecular flexibility index (Phi) is 4.65. The van der Waals surface area contributed by atoms with E-state index in [4.69, 9.17) is 5.10 Å². The van der Waals surface area contributed by atoms with Crippen LogP contribution < -0.4 is 9.80 Å². The van der Waals surface area contributed by atoms with Gasteiger partial charge in [0.1, 0.15) is 11.9 Å². The van der Waals surface area contributed by atoms with Crippen LogP contribution in [0.2, 0.25) is 0 Å². The molecule has 0 atom stereocenters. The van der Waals surface area contributed by atoms with E-state index in [0.29, 0.717) is 17.2 Å². The molecule has 0 aliphatic carbocycles. The van der Waals surface area contributed by atoms with Crippen LogP contribution >= 0.6 is 0 Å². The maximum Gasteiger partial charge on any atom is 0.185 e. The Morgan fingerprint density at radius 3 is 2.57 bits per heavy atom. The summed E-state index contributed by atoms with van der Waals surface area (Å²) >= 11 is 0. The average molecular weight is 397 g/mol. The second kappa shape index (κ2) is 7.75. The van der Waals surface area contributed by atoms with Crippen molar-refractivity contribution in [2.45, 2.75) is 6.42 Å². The molecule has 0 saturated carbocycles. The first-order valence-corrected chi connectivity index (χ1v) is 9.81. The van der Waals surface area contributed by atoms with Crippen molar-refractivity contribution in [1.82, 2.24) is 29.8 Å². The van der Waals surface area contributed by atoms with Crippen molar-refractivity contribution in [1.29, 1.82) is 5.26 Å². The van der Waals surface area contributed by atoms with Gasteiger partial charge in [-0.05, 0) is 42.8 Å². The molecule has 30 heavy (non-hydrogen) atoms. The Morgan fingerprint density at radius 1 is 0.867 bits per heavy atom. The Hall–Kier alpha value is -4.06. The van der Waals surface area contributed by atoms with Gasteiger partial charge in [0.25, 0.3) is 0 Å². The molecule has 1 aliphatic heterocycles. The van der Waals surface area contributed by atoms with E-state index in [1.54, 1.807) is 23.1 Å². The van der Waals surface area contributed by atoms with E-state index in [0.717, 1.165) is 49.7 Å². The molecule has 1 aliphatic rings. The number of hydrogen-bond acceptors (Lipinski definition) is 8. The largest absolute Gasteiger partial charge is 0.367 e. The monoisotopic (exact) mass is 397 g/mol. The summed E-state index contributed by atoms with van der Waals surface area (Å²) < 4.78 is 1.78. The lowest BCUT2D eigenvalue weighted by Gasteiger charge is -2.24. The van der Waals surface area contributed by atoms with Crippen molar-refractivity contribution in [2.24, 2.45) is 0 Å². The first-order chi connectivity index (χ1) is 14.8. The Morgan fingerprint density at radius 2 is 1.70 bits per heavy atom. The minimum absolute atomic E-state index is 0.469. The molecule has 0 spiro atoms. The fourth-order valence-corrected chi connectivity index (χ4v) is 3.75. The molecule has 9 nitrogen and oxygen atoms in total. The predicted molar refractivity (Wildman–Crippen MR) is 112 cm³/mol. The fourth-order valence-electron chi connectivity index (χ4n) is 3.75. The molecule has 4 aromatic rings. The van der Waals surface area contributed by atoms with Gasteiger partial charge < -0.3 is 9.80 Å². The van der Waals surface area contributed by atoms with Gasteiger partial charge in [0.05, 0.1) is 5.69 Å². The summed E-state index contributed by atoms with van der Waals surface area (Å²) in [6.07, 6.45) is 6.08. The summed E-state index contributed by atoms with van der Waals surface area (Å²) in [6.45, 7) is 3.34. The van der Waals surface area contributed by atoms with Gasteiger partial charge in [-0.25, -0.2) is 4.98 Å². The smallest absolute Gasteiger partial charge is 0.185 e. The quantitative estimate of drug-likeness (QED) is 0.519. The summed E-state index contributed by atoms with van der Waals surface area (Å²) in [5, 5.41) is 22.7. The highest BCUT2D eigenvalue weighted by molar-refractivity contribution is 5.59. The SMILES string of the molecule is N#Cc1ncccc1N1CCCN(c2ccc3nnc(-c4ccncc4)n3n2)CC1.